The Balaban J connectivity index is 2.10. The first-order valence-electron chi connectivity index (χ1n) is 10.5. The molecular weight excluding hydrogens is 444 g/mol. The van der Waals surface area contributed by atoms with Crippen LogP contribution in [-0.2, 0) is 27.4 Å². The molecule has 2 atom stereocenters. The number of nitro benzene ring substituents is 1. The zero-order valence-corrected chi connectivity index (χ0v) is 19.1. The molecule has 2 aromatic rings. The molecule has 0 aromatic heterocycles. The Hall–Kier alpha value is -4.15. The fourth-order valence-electron chi connectivity index (χ4n) is 3.17. The van der Waals surface area contributed by atoms with Gasteiger partial charge in [-0.25, -0.2) is 4.79 Å². The monoisotopic (exact) mass is 472 g/mol. The molecule has 11 heteroatoms. The summed E-state index contributed by atoms with van der Waals surface area (Å²) in [6.07, 6.45) is -0.941. The fourth-order valence-corrected chi connectivity index (χ4v) is 3.17. The number of primary amides is 1. The number of nitro groups is 1. The molecule has 0 unspecified atom stereocenters. The second-order valence-electron chi connectivity index (χ2n) is 7.85. The van der Waals surface area contributed by atoms with E-state index in [0.29, 0.717) is 11.3 Å². The molecule has 0 aliphatic heterocycles. The molecule has 0 bridgehead atoms. The van der Waals surface area contributed by atoms with E-state index in [-0.39, 0.29) is 24.6 Å². The molecule has 182 valence electrons. The molecule has 0 aliphatic rings. The van der Waals surface area contributed by atoms with E-state index < -0.39 is 34.9 Å². The number of amides is 3. The van der Waals surface area contributed by atoms with Crippen LogP contribution in [0.1, 0.15) is 25.0 Å². The van der Waals surface area contributed by atoms with Gasteiger partial charge >= 0.3 is 6.09 Å². The maximum absolute atomic E-state index is 12.9. The Labute approximate surface area is 196 Å². The lowest BCUT2D eigenvalue weighted by atomic mass is 10.0. The number of rotatable bonds is 11. The van der Waals surface area contributed by atoms with Crippen molar-refractivity contribution < 1.29 is 28.8 Å². The van der Waals surface area contributed by atoms with Crippen molar-refractivity contribution in [3.63, 3.8) is 0 Å². The van der Waals surface area contributed by atoms with E-state index in [1.54, 1.807) is 38.1 Å². The van der Waals surface area contributed by atoms with Gasteiger partial charge in [0.05, 0.1) is 12.0 Å². The first-order valence-corrected chi connectivity index (χ1v) is 10.5. The second kappa shape index (κ2) is 12.2. The number of nitrogens with zero attached hydrogens (tertiary/aromatic N) is 1. The van der Waals surface area contributed by atoms with Gasteiger partial charge in [0.15, 0.2) is 0 Å². The van der Waals surface area contributed by atoms with Crippen LogP contribution in [0.2, 0.25) is 0 Å². The van der Waals surface area contributed by atoms with Crippen LogP contribution in [0.4, 0.5) is 10.5 Å². The summed E-state index contributed by atoms with van der Waals surface area (Å²) in [6, 6.07) is 10.7. The molecule has 0 radical (unpaired) electrons. The van der Waals surface area contributed by atoms with Gasteiger partial charge in [-0.15, -0.1) is 0 Å². The maximum Gasteiger partial charge on any atom is 0.408 e. The summed E-state index contributed by atoms with van der Waals surface area (Å²) in [5.41, 5.74) is 6.37. The number of methoxy groups -OCH3 is 1. The molecule has 4 N–H and O–H groups in total. The number of nitrogens with one attached hydrogen (secondary N) is 2. The van der Waals surface area contributed by atoms with E-state index in [9.17, 15) is 24.5 Å². The minimum atomic E-state index is -1.20. The third-order valence-corrected chi connectivity index (χ3v) is 4.99. The predicted molar refractivity (Wildman–Crippen MR) is 123 cm³/mol. The van der Waals surface area contributed by atoms with Gasteiger partial charge < -0.3 is 25.8 Å². The quantitative estimate of drug-likeness (QED) is 0.333. The molecule has 34 heavy (non-hydrogen) atoms. The highest BCUT2D eigenvalue weighted by molar-refractivity contribution is 5.91. The number of nitrogens with two attached hydrogens (primary N) is 1. The number of alkyl carbamates (subject to hydrolysis) is 1. The SMILES string of the molecule is COc1ccc([N+](=O)[O-])cc1C[C@@H](NC(=O)[C@H](NC(=O)OCc1ccccc1)C(C)C)C(N)=O. The van der Waals surface area contributed by atoms with Crippen molar-refractivity contribution >= 4 is 23.6 Å². The summed E-state index contributed by atoms with van der Waals surface area (Å²) in [5, 5.41) is 16.1. The first-order chi connectivity index (χ1) is 16.1. The van der Waals surface area contributed by atoms with Crippen molar-refractivity contribution in [3.05, 3.63) is 69.8 Å². The zero-order valence-electron chi connectivity index (χ0n) is 19.1. The molecule has 0 aliphatic carbocycles. The van der Waals surface area contributed by atoms with Crippen LogP contribution in [0.5, 0.6) is 5.75 Å². The van der Waals surface area contributed by atoms with Crippen LogP contribution in [0.25, 0.3) is 0 Å². The average molecular weight is 472 g/mol. The number of non-ortho nitro benzene ring substituents is 1. The molecule has 3 amide bonds. The van der Waals surface area contributed by atoms with E-state index in [2.05, 4.69) is 10.6 Å². The summed E-state index contributed by atoms with van der Waals surface area (Å²) in [6.45, 7) is 3.45. The van der Waals surface area contributed by atoms with Crippen LogP contribution >= 0.6 is 0 Å². The van der Waals surface area contributed by atoms with E-state index in [1.807, 2.05) is 6.07 Å². The zero-order chi connectivity index (χ0) is 25.3. The topological polar surface area (TPSA) is 163 Å². The normalized spacial score (nSPS) is 12.4. The number of benzene rings is 2. The third kappa shape index (κ3) is 7.47. The Bertz CT molecular complexity index is 1030. The van der Waals surface area contributed by atoms with Gasteiger partial charge in [-0.1, -0.05) is 44.2 Å². The van der Waals surface area contributed by atoms with Gasteiger partial charge in [0.25, 0.3) is 5.69 Å². The van der Waals surface area contributed by atoms with Crippen molar-refractivity contribution in [3.8, 4) is 5.75 Å². The second-order valence-corrected chi connectivity index (χ2v) is 7.85. The lowest BCUT2D eigenvalue weighted by Crippen LogP contribution is -2.55. The highest BCUT2D eigenvalue weighted by atomic mass is 16.6. The van der Waals surface area contributed by atoms with E-state index >= 15 is 0 Å². The Morgan fingerprint density at radius 2 is 1.76 bits per heavy atom. The van der Waals surface area contributed by atoms with Crippen molar-refractivity contribution in [1.29, 1.82) is 0 Å². The predicted octanol–water partition coefficient (Wildman–Crippen LogP) is 2.07. The Kier molecular flexibility index (Phi) is 9.36. The third-order valence-electron chi connectivity index (χ3n) is 4.99. The van der Waals surface area contributed by atoms with E-state index in [1.165, 1.54) is 25.3 Å². The standard InChI is InChI=1S/C23H28N4O7/c1-14(2)20(26-23(30)34-13-15-7-5-4-6-8-15)22(29)25-18(21(24)28)12-16-11-17(27(31)32)9-10-19(16)33-3/h4-11,14,18,20H,12-13H2,1-3H3,(H2,24,28)(H,25,29)(H,26,30)/t18-,20-/m1/s1. The number of hydrogen-bond donors (Lipinski definition) is 3. The van der Waals surface area contributed by atoms with Gasteiger partial charge in [0, 0.05) is 24.1 Å². The molecule has 0 saturated carbocycles. The van der Waals surface area contributed by atoms with Gasteiger partial charge in [-0.3, -0.25) is 19.7 Å². The van der Waals surface area contributed by atoms with Crippen LogP contribution < -0.4 is 21.1 Å². The van der Waals surface area contributed by atoms with E-state index in [0.717, 1.165) is 5.56 Å². The van der Waals surface area contributed by atoms with Crippen LogP contribution in [0.15, 0.2) is 48.5 Å². The Morgan fingerprint density at radius 1 is 1.09 bits per heavy atom. The van der Waals surface area contributed by atoms with Gasteiger partial charge in [-0.2, -0.15) is 0 Å². The van der Waals surface area contributed by atoms with Crippen molar-refractivity contribution in [1.82, 2.24) is 10.6 Å². The molecular formula is C23H28N4O7. The number of ether oxygens (including phenoxy) is 2. The molecule has 0 fully saturated rings. The van der Waals surface area contributed by atoms with Gasteiger partial charge in [0.1, 0.15) is 24.4 Å². The summed E-state index contributed by atoms with van der Waals surface area (Å²) in [4.78, 5) is 47.7. The molecule has 0 heterocycles. The number of carbonyl (C=O) groups excluding carboxylic acids is 3. The highest BCUT2D eigenvalue weighted by Crippen LogP contribution is 2.25. The summed E-state index contributed by atoms with van der Waals surface area (Å²) >= 11 is 0. The number of hydrogen-bond acceptors (Lipinski definition) is 7. The Morgan fingerprint density at radius 3 is 2.32 bits per heavy atom. The molecule has 11 nitrogen and oxygen atoms in total. The molecule has 2 rings (SSSR count). The highest BCUT2D eigenvalue weighted by Gasteiger charge is 2.29. The van der Waals surface area contributed by atoms with Gasteiger partial charge in [-0.05, 0) is 17.5 Å². The van der Waals surface area contributed by atoms with Crippen LogP contribution in [-0.4, -0.2) is 42.0 Å². The largest absolute Gasteiger partial charge is 0.496 e. The first kappa shape index (κ1) is 26.1. The summed E-state index contributed by atoms with van der Waals surface area (Å²) in [7, 11) is 1.38. The van der Waals surface area contributed by atoms with E-state index in [4.69, 9.17) is 15.2 Å². The number of carbonyl (C=O) groups is 3. The molecule has 0 spiro atoms. The molecule has 2 aromatic carbocycles. The summed E-state index contributed by atoms with van der Waals surface area (Å²) < 4.78 is 10.4. The van der Waals surface area contributed by atoms with Gasteiger partial charge in [0.2, 0.25) is 11.8 Å². The smallest absolute Gasteiger partial charge is 0.408 e. The van der Waals surface area contributed by atoms with Crippen molar-refractivity contribution in [2.45, 2.75) is 39.0 Å². The summed E-state index contributed by atoms with van der Waals surface area (Å²) in [5.74, 6) is -1.55. The lowest BCUT2D eigenvalue weighted by Gasteiger charge is -2.24. The minimum Gasteiger partial charge on any atom is -0.496 e. The van der Waals surface area contributed by atoms with Crippen LogP contribution in [0.3, 0.4) is 0 Å². The van der Waals surface area contributed by atoms with Crippen molar-refractivity contribution in [2.24, 2.45) is 11.7 Å². The maximum atomic E-state index is 12.9. The average Bonchev–Trinajstić information content (AvgIpc) is 2.80. The molecule has 0 saturated heterocycles. The lowest BCUT2D eigenvalue weighted by molar-refractivity contribution is -0.384. The van der Waals surface area contributed by atoms with Crippen LogP contribution in [0, 0.1) is 16.0 Å². The minimum absolute atomic E-state index is 0.0234. The van der Waals surface area contributed by atoms with Crippen molar-refractivity contribution in [2.75, 3.05) is 7.11 Å². The fraction of sp³-hybridized carbons (Fsp3) is 0.348.